The van der Waals surface area contributed by atoms with E-state index >= 15 is 0 Å². The Balaban J connectivity index is 1.98. The van der Waals surface area contributed by atoms with Gasteiger partial charge in [-0.1, -0.05) is 54.6 Å². The van der Waals surface area contributed by atoms with Crippen molar-refractivity contribution >= 4 is 27.6 Å². The molecule has 0 fully saturated rings. The van der Waals surface area contributed by atoms with Gasteiger partial charge in [0.15, 0.2) is 5.69 Å². The summed E-state index contributed by atoms with van der Waals surface area (Å²) in [5.74, 6) is 0. The summed E-state index contributed by atoms with van der Waals surface area (Å²) >= 11 is 0. The SMILES string of the molecule is [2H]c1c(C)c([2H])c(-c2c(C)ccc3c2oc2c([N+]#[C-])ccc(-c4ccccc4)c23)[n+](C)c1C. The Hall–Kier alpha value is -3.90. The second kappa shape index (κ2) is 7.11. The van der Waals surface area contributed by atoms with Crippen LogP contribution in [0.2, 0.25) is 0 Å². The lowest BCUT2D eigenvalue weighted by molar-refractivity contribution is -0.666. The van der Waals surface area contributed by atoms with Crippen LogP contribution in [0.4, 0.5) is 5.69 Å². The first-order valence-electron chi connectivity index (χ1n) is 11.2. The molecule has 0 saturated heterocycles. The third-order valence-electron chi connectivity index (χ3n) is 5.93. The first-order chi connectivity index (χ1) is 15.8. The highest BCUT2D eigenvalue weighted by atomic mass is 16.3. The molecule has 0 aliphatic carbocycles. The van der Waals surface area contributed by atoms with Crippen LogP contribution in [-0.4, -0.2) is 0 Å². The van der Waals surface area contributed by atoms with Crippen LogP contribution in [0.3, 0.4) is 0 Å². The van der Waals surface area contributed by atoms with Crippen molar-refractivity contribution < 1.29 is 11.7 Å². The zero-order chi connectivity index (χ0) is 23.4. The Morgan fingerprint density at radius 1 is 0.935 bits per heavy atom. The predicted molar refractivity (Wildman–Crippen MR) is 126 cm³/mol. The standard InChI is InChI=1S/C28H23N2O/c1-17-15-19(3)30(5)24(16-17)25-18(2)11-12-22-26-21(20-9-7-6-8-10-20)13-14-23(29-4)28(26)31-27(22)25/h6-16H,1-3,5H3/q+1/i15D,16D. The van der Waals surface area contributed by atoms with Crippen molar-refractivity contribution in [1.29, 1.82) is 0 Å². The maximum Gasteiger partial charge on any atom is 0.229 e. The number of benzene rings is 3. The molecule has 0 aliphatic rings. The van der Waals surface area contributed by atoms with E-state index in [0.717, 1.165) is 38.7 Å². The number of nitrogens with zero attached hydrogens (tertiary/aromatic N) is 2. The summed E-state index contributed by atoms with van der Waals surface area (Å²) < 4.78 is 25.6. The molecule has 0 aliphatic heterocycles. The number of hydrogen-bond donors (Lipinski definition) is 0. The third kappa shape index (κ3) is 2.92. The molecule has 31 heavy (non-hydrogen) atoms. The second-order valence-electron chi connectivity index (χ2n) is 7.92. The lowest BCUT2D eigenvalue weighted by atomic mass is 9.95. The Bertz CT molecular complexity index is 1600. The van der Waals surface area contributed by atoms with Crippen LogP contribution in [0.1, 0.15) is 19.6 Å². The molecule has 3 nitrogen and oxygen atoms in total. The number of rotatable bonds is 2. The van der Waals surface area contributed by atoms with Crippen LogP contribution >= 0.6 is 0 Å². The van der Waals surface area contributed by atoms with Crippen molar-refractivity contribution in [3.05, 3.63) is 94.9 Å². The van der Waals surface area contributed by atoms with Crippen LogP contribution < -0.4 is 4.57 Å². The zero-order valence-corrected chi connectivity index (χ0v) is 18.0. The maximum atomic E-state index is 8.84. The average molecular weight is 406 g/mol. The highest BCUT2D eigenvalue weighted by Gasteiger charge is 2.24. The molecule has 0 saturated carbocycles. The van der Waals surface area contributed by atoms with Crippen molar-refractivity contribution in [2.75, 3.05) is 0 Å². The number of aromatic nitrogens is 1. The minimum atomic E-state index is 0.317. The van der Waals surface area contributed by atoms with Gasteiger partial charge in [0, 0.05) is 29.8 Å². The maximum absolute atomic E-state index is 8.84. The van der Waals surface area contributed by atoms with E-state index in [1.165, 1.54) is 0 Å². The molecule has 5 aromatic rings. The van der Waals surface area contributed by atoms with E-state index in [0.29, 0.717) is 40.2 Å². The van der Waals surface area contributed by atoms with Crippen molar-refractivity contribution in [2.24, 2.45) is 7.05 Å². The molecule has 0 radical (unpaired) electrons. The fourth-order valence-corrected chi connectivity index (χ4v) is 4.31. The molecule has 0 unspecified atom stereocenters. The lowest BCUT2D eigenvalue weighted by Gasteiger charge is -2.08. The first kappa shape index (κ1) is 16.8. The van der Waals surface area contributed by atoms with Gasteiger partial charge in [0.2, 0.25) is 11.4 Å². The molecular formula is C28H23N2O+. The van der Waals surface area contributed by atoms with Crippen molar-refractivity contribution in [3.8, 4) is 22.4 Å². The molecule has 0 bridgehead atoms. The first-order valence-corrected chi connectivity index (χ1v) is 10.2. The van der Waals surface area contributed by atoms with Gasteiger partial charge in [-0.3, -0.25) is 0 Å². The fraction of sp³-hybridized carbons (Fsp3) is 0.143. The summed E-state index contributed by atoms with van der Waals surface area (Å²) in [5, 5.41) is 1.82. The van der Waals surface area contributed by atoms with Gasteiger partial charge in [0.1, 0.15) is 18.2 Å². The molecule has 150 valence electrons. The summed E-state index contributed by atoms with van der Waals surface area (Å²) in [6, 6.07) is 18.7. The van der Waals surface area contributed by atoms with E-state index in [-0.39, 0.29) is 0 Å². The molecule has 0 spiro atoms. The molecule has 0 N–H and O–H groups in total. The van der Waals surface area contributed by atoms with Gasteiger partial charge in [0.25, 0.3) is 0 Å². The summed E-state index contributed by atoms with van der Waals surface area (Å²) in [6.45, 7) is 13.4. The Kier molecular flexibility index (Phi) is 3.86. The van der Waals surface area contributed by atoms with Crippen LogP contribution in [0.15, 0.2) is 71.1 Å². The quantitative estimate of drug-likeness (QED) is 0.224. The van der Waals surface area contributed by atoms with Gasteiger partial charge < -0.3 is 4.42 Å². The second-order valence-corrected chi connectivity index (χ2v) is 7.92. The topological polar surface area (TPSA) is 21.4 Å². The van der Waals surface area contributed by atoms with Crippen LogP contribution in [0.5, 0.6) is 0 Å². The molecule has 3 aromatic carbocycles. The third-order valence-corrected chi connectivity index (χ3v) is 5.93. The molecule has 0 amide bonds. The largest absolute Gasteiger partial charge is 0.466 e. The minimum absolute atomic E-state index is 0.317. The minimum Gasteiger partial charge on any atom is -0.466 e. The normalized spacial score (nSPS) is 12.1. The van der Waals surface area contributed by atoms with Crippen LogP contribution in [0, 0.1) is 27.3 Å². The van der Waals surface area contributed by atoms with E-state index in [4.69, 9.17) is 13.7 Å². The Labute approximate surface area is 184 Å². The van der Waals surface area contributed by atoms with Crippen LogP contribution in [0.25, 0.3) is 49.2 Å². The van der Waals surface area contributed by atoms with Gasteiger partial charge in [-0.15, -0.1) is 0 Å². The molecule has 3 heteroatoms. The fourth-order valence-electron chi connectivity index (χ4n) is 4.31. The number of pyridine rings is 1. The smallest absolute Gasteiger partial charge is 0.229 e. The zero-order valence-electron chi connectivity index (χ0n) is 20.0. The summed E-state index contributed by atoms with van der Waals surface area (Å²) in [4.78, 5) is 3.72. The van der Waals surface area contributed by atoms with Crippen LogP contribution in [-0.2, 0) is 7.05 Å². The molecular weight excluding hydrogens is 380 g/mol. The number of aryl methyl sites for hydroxylation is 1. The Morgan fingerprint density at radius 3 is 2.45 bits per heavy atom. The van der Waals surface area contributed by atoms with E-state index < -0.39 is 0 Å². The lowest BCUT2D eigenvalue weighted by Crippen LogP contribution is -2.35. The van der Waals surface area contributed by atoms with Gasteiger partial charge in [-0.25, -0.2) is 4.85 Å². The van der Waals surface area contributed by atoms with Gasteiger partial charge in [-0.2, -0.15) is 4.57 Å². The highest BCUT2D eigenvalue weighted by Crippen LogP contribution is 2.44. The van der Waals surface area contributed by atoms with Gasteiger partial charge in [0.05, 0.1) is 14.9 Å². The number of hydrogen-bond acceptors (Lipinski definition) is 1. The molecule has 0 atom stereocenters. The monoisotopic (exact) mass is 405 g/mol. The summed E-state index contributed by atoms with van der Waals surface area (Å²) in [5.41, 5.74) is 7.72. The Morgan fingerprint density at radius 2 is 1.71 bits per heavy atom. The van der Waals surface area contributed by atoms with E-state index in [2.05, 4.69) is 17.0 Å². The van der Waals surface area contributed by atoms with Crippen molar-refractivity contribution in [2.45, 2.75) is 20.8 Å². The number of fused-ring (bicyclic) bond motifs is 3. The molecule has 2 aromatic heterocycles. The summed E-state index contributed by atoms with van der Waals surface area (Å²) in [6.07, 6.45) is 0. The summed E-state index contributed by atoms with van der Waals surface area (Å²) in [7, 11) is 1.89. The average Bonchev–Trinajstić information content (AvgIpc) is 3.22. The van der Waals surface area contributed by atoms with E-state index in [1.807, 2.05) is 74.9 Å². The van der Waals surface area contributed by atoms with Crippen molar-refractivity contribution in [1.82, 2.24) is 0 Å². The van der Waals surface area contributed by atoms with Crippen molar-refractivity contribution in [3.63, 3.8) is 0 Å². The molecule has 2 heterocycles. The highest BCUT2D eigenvalue weighted by molar-refractivity contribution is 6.18. The van der Waals surface area contributed by atoms with Gasteiger partial charge in [-0.05, 0) is 36.1 Å². The van der Waals surface area contributed by atoms with Gasteiger partial charge >= 0.3 is 0 Å². The predicted octanol–water partition coefficient (Wildman–Crippen LogP) is 7.22. The number of furan rings is 1. The molecule has 5 rings (SSSR count). The van der Waals surface area contributed by atoms with E-state index in [9.17, 15) is 0 Å². The van der Waals surface area contributed by atoms with E-state index in [1.54, 1.807) is 0 Å².